The van der Waals surface area contributed by atoms with E-state index in [1.54, 1.807) is 6.20 Å². The fourth-order valence-corrected chi connectivity index (χ4v) is 1.03. The summed E-state index contributed by atoms with van der Waals surface area (Å²) in [6.07, 6.45) is 3.05. The second-order valence-electron chi connectivity index (χ2n) is 3.71. The molecule has 0 saturated heterocycles. The fourth-order valence-electron chi connectivity index (χ4n) is 1.03. The number of aromatic nitrogens is 2. The summed E-state index contributed by atoms with van der Waals surface area (Å²) in [7, 11) is 0. The third-order valence-corrected chi connectivity index (χ3v) is 1.74. The predicted octanol–water partition coefficient (Wildman–Crippen LogP) is 0.812. The van der Waals surface area contributed by atoms with Crippen molar-refractivity contribution in [3.05, 3.63) is 18.0 Å². The van der Waals surface area contributed by atoms with Crippen molar-refractivity contribution in [2.24, 2.45) is 5.92 Å². The van der Waals surface area contributed by atoms with Gasteiger partial charge in [0.05, 0.1) is 18.4 Å². The van der Waals surface area contributed by atoms with Gasteiger partial charge in [0.25, 0.3) is 5.91 Å². The topological polar surface area (TPSA) is 67.0 Å². The summed E-state index contributed by atoms with van der Waals surface area (Å²) in [5.74, 6) is 0.395. The molecular formula is C10H17N3O2. The third-order valence-electron chi connectivity index (χ3n) is 1.74. The molecule has 5 heteroatoms. The molecule has 0 aliphatic rings. The highest BCUT2D eigenvalue weighted by molar-refractivity contribution is 5.93. The molecule has 0 unspecified atom stereocenters. The molecule has 0 radical (unpaired) electrons. The lowest BCUT2D eigenvalue weighted by Gasteiger charge is -2.07. The molecule has 15 heavy (non-hydrogen) atoms. The summed E-state index contributed by atoms with van der Waals surface area (Å²) in [4.78, 5) is 11.4. The molecule has 0 spiro atoms. The van der Waals surface area contributed by atoms with Gasteiger partial charge in [-0.1, -0.05) is 13.8 Å². The standard InChI is InChI=1S/C10H17N3O2/c1-8(2)7-15-4-3-11-10(14)9-5-12-13-6-9/h5-6,8H,3-4,7H2,1-2H3,(H,11,14)(H,12,13). The van der Waals surface area contributed by atoms with Crippen LogP contribution < -0.4 is 5.32 Å². The van der Waals surface area contributed by atoms with Crippen molar-refractivity contribution in [3.63, 3.8) is 0 Å². The number of carbonyl (C=O) groups is 1. The molecule has 0 aliphatic carbocycles. The van der Waals surface area contributed by atoms with Crippen LogP contribution in [0.4, 0.5) is 0 Å². The number of carbonyl (C=O) groups excluding carboxylic acids is 1. The second-order valence-corrected chi connectivity index (χ2v) is 3.71. The maximum atomic E-state index is 11.4. The maximum absolute atomic E-state index is 11.4. The largest absolute Gasteiger partial charge is 0.379 e. The molecule has 1 rings (SSSR count). The fraction of sp³-hybridized carbons (Fsp3) is 0.600. The van der Waals surface area contributed by atoms with E-state index < -0.39 is 0 Å². The van der Waals surface area contributed by atoms with Gasteiger partial charge in [-0.2, -0.15) is 5.10 Å². The van der Waals surface area contributed by atoms with E-state index in [0.29, 0.717) is 24.6 Å². The SMILES string of the molecule is CC(C)COCCNC(=O)c1cn[nH]c1. The minimum atomic E-state index is -0.128. The van der Waals surface area contributed by atoms with E-state index in [1.165, 1.54) is 6.20 Å². The number of ether oxygens (including phenoxy) is 1. The van der Waals surface area contributed by atoms with E-state index in [2.05, 4.69) is 29.4 Å². The number of rotatable bonds is 6. The van der Waals surface area contributed by atoms with Crippen LogP contribution in [-0.4, -0.2) is 35.9 Å². The molecule has 5 nitrogen and oxygen atoms in total. The zero-order chi connectivity index (χ0) is 11.1. The van der Waals surface area contributed by atoms with Crippen LogP contribution in [0, 0.1) is 5.92 Å². The Balaban J connectivity index is 2.08. The number of nitrogens with one attached hydrogen (secondary N) is 2. The lowest BCUT2D eigenvalue weighted by atomic mass is 10.2. The molecule has 1 heterocycles. The summed E-state index contributed by atoms with van der Waals surface area (Å²) < 4.78 is 5.32. The number of amides is 1. The van der Waals surface area contributed by atoms with E-state index in [0.717, 1.165) is 6.61 Å². The first kappa shape index (κ1) is 11.7. The lowest BCUT2D eigenvalue weighted by molar-refractivity contribution is 0.0886. The van der Waals surface area contributed by atoms with Crippen molar-refractivity contribution in [1.29, 1.82) is 0 Å². The van der Waals surface area contributed by atoms with Crippen LogP contribution in [-0.2, 0) is 4.74 Å². The van der Waals surface area contributed by atoms with Crippen molar-refractivity contribution in [3.8, 4) is 0 Å². The highest BCUT2D eigenvalue weighted by atomic mass is 16.5. The molecule has 1 aromatic heterocycles. The van der Waals surface area contributed by atoms with Gasteiger partial charge < -0.3 is 10.1 Å². The highest BCUT2D eigenvalue weighted by Gasteiger charge is 2.04. The predicted molar refractivity (Wildman–Crippen MR) is 56.6 cm³/mol. The van der Waals surface area contributed by atoms with Crippen LogP contribution in [0.25, 0.3) is 0 Å². The Labute approximate surface area is 89.2 Å². The molecule has 84 valence electrons. The van der Waals surface area contributed by atoms with Crippen LogP contribution in [0.15, 0.2) is 12.4 Å². The third kappa shape index (κ3) is 4.60. The van der Waals surface area contributed by atoms with Crippen molar-refractivity contribution < 1.29 is 9.53 Å². The van der Waals surface area contributed by atoms with Crippen molar-refractivity contribution in [2.75, 3.05) is 19.8 Å². The number of aromatic amines is 1. The van der Waals surface area contributed by atoms with Gasteiger partial charge in [-0.3, -0.25) is 9.89 Å². The monoisotopic (exact) mass is 211 g/mol. The summed E-state index contributed by atoms with van der Waals surface area (Å²) in [6.45, 7) is 5.97. The molecular weight excluding hydrogens is 194 g/mol. The van der Waals surface area contributed by atoms with Gasteiger partial charge in [0, 0.05) is 19.3 Å². The Bertz CT molecular complexity index is 283. The summed E-state index contributed by atoms with van der Waals surface area (Å²) >= 11 is 0. The molecule has 0 saturated carbocycles. The molecule has 0 aromatic carbocycles. The second kappa shape index (κ2) is 6.19. The van der Waals surface area contributed by atoms with Gasteiger partial charge in [-0.25, -0.2) is 0 Å². The lowest BCUT2D eigenvalue weighted by Crippen LogP contribution is -2.27. The van der Waals surface area contributed by atoms with Gasteiger partial charge >= 0.3 is 0 Å². The zero-order valence-electron chi connectivity index (χ0n) is 9.12. The summed E-state index contributed by atoms with van der Waals surface area (Å²) in [5, 5.41) is 9.01. The van der Waals surface area contributed by atoms with Gasteiger partial charge in [0.2, 0.25) is 0 Å². The Hall–Kier alpha value is -1.36. The normalized spacial score (nSPS) is 10.6. The highest BCUT2D eigenvalue weighted by Crippen LogP contribution is 1.93. The van der Waals surface area contributed by atoms with Crippen LogP contribution in [0.1, 0.15) is 24.2 Å². The Kier molecular flexibility index (Phi) is 4.83. The van der Waals surface area contributed by atoms with Crippen LogP contribution in [0.3, 0.4) is 0 Å². The average Bonchev–Trinajstić information content (AvgIpc) is 2.69. The summed E-state index contributed by atoms with van der Waals surface area (Å²) in [6, 6.07) is 0. The minimum absolute atomic E-state index is 0.128. The van der Waals surface area contributed by atoms with Crippen molar-refractivity contribution in [2.45, 2.75) is 13.8 Å². The quantitative estimate of drug-likeness (QED) is 0.684. The Morgan fingerprint density at radius 2 is 2.47 bits per heavy atom. The molecule has 0 bridgehead atoms. The van der Waals surface area contributed by atoms with Gasteiger partial charge in [-0.05, 0) is 5.92 Å². The van der Waals surface area contributed by atoms with E-state index in [1.807, 2.05) is 0 Å². The average molecular weight is 211 g/mol. The minimum Gasteiger partial charge on any atom is -0.379 e. The van der Waals surface area contributed by atoms with E-state index in [4.69, 9.17) is 4.74 Å². The van der Waals surface area contributed by atoms with Crippen molar-refractivity contribution >= 4 is 5.91 Å². The molecule has 0 fully saturated rings. The van der Waals surface area contributed by atoms with Crippen LogP contribution in [0.2, 0.25) is 0 Å². The smallest absolute Gasteiger partial charge is 0.254 e. The zero-order valence-corrected chi connectivity index (χ0v) is 9.12. The van der Waals surface area contributed by atoms with Crippen LogP contribution in [0.5, 0.6) is 0 Å². The Morgan fingerprint density at radius 3 is 3.07 bits per heavy atom. The van der Waals surface area contributed by atoms with E-state index >= 15 is 0 Å². The maximum Gasteiger partial charge on any atom is 0.254 e. The number of hydrogen-bond donors (Lipinski definition) is 2. The molecule has 0 atom stereocenters. The molecule has 0 aliphatic heterocycles. The molecule has 2 N–H and O–H groups in total. The van der Waals surface area contributed by atoms with Crippen molar-refractivity contribution in [1.82, 2.24) is 15.5 Å². The van der Waals surface area contributed by atoms with E-state index in [9.17, 15) is 4.79 Å². The van der Waals surface area contributed by atoms with Gasteiger partial charge in [-0.15, -0.1) is 0 Å². The Morgan fingerprint density at radius 1 is 1.67 bits per heavy atom. The van der Waals surface area contributed by atoms with Crippen LogP contribution >= 0.6 is 0 Å². The number of nitrogens with zero attached hydrogens (tertiary/aromatic N) is 1. The van der Waals surface area contributed by atoms with E-state index in [-0.39, 0.29) is 5.91 Å². The number of H-pyrrole nitrogens is 1. The van der Waals surface area contributed by atoms with Gasteiger partial charge in [0.1, 0.15) is 0 Å². The van der Waals surface area contributed by atoms with Gasteiger partial charge in [0.15, 0.2) is 0 Å². The molecule has 1 aromatic rings. The first-order valence-corrected chi connectivity index (χ1v) is 5.05. The summed E-state index contributed by atoms with van der Waals surface area (Å²) in [5.41, 5.74) is 0.541. The first-order valence-electron chi connectivity index (χ1n) is 5.05. The number of hydrogen-bond acceptors (Lipinski definition) is 3. The first-order chi connectivity index (χ1) is 7.20. The molecule has 1 amide bonds.